The van der Waals surface area contributed by atoms with E-state index in [0.717, 1.165) is 0 Å². The Labute approximate surface area is 90.8 Å². The first-order valence-electron chi connectivity index (χ1n) is 4.61. The quantitative estimate of drug-likeness (QED) is 0.836. The molecule has 3 nitrogen and oxygen atoms in total. The standard InChI is InChI=1S/C10H12F3NO2/c1-14-6-8(15)7-4-2-3-5-9(7)16-10(11,12)13/h2-5,8,14-15H,6H2,1H3. The summed E-state index contributed by atoms with van der Waals surface area (Å²) in [6.45, 7) is 0.151. The number of aliphatic hydroxyl groups excluding tert-OH is 1. The maximum absolute atomic E-state index is 12.1. The van der Waals surface area contributed by atoms with Gasteiger partial charge in [0.25, 0.3) is 0 Å². The fraction of sp³-hybridized carbons (Fsp3) is 0.400. The lowest BCUT2D eigenvalue weighted by Crippen LogP contribution is -2.21. The van der Waals surface area contributed by atoms with Gasteiger partial charge in [0.2, 0.25) is 0 Å². The van der Waals surface area contributed by atoms with Gasteiger partial charge in [0, 0.05) is 12.1 Å². The smallest absolute Gasteiger partial charge is 0.405 e. The molecule has 1 atom stereocenters. The van der Waals surface area contributed by atoms with E-state index in [4.69, 9.17) is 0 Å². The van der Waals surface area contributed by atoms with Crippen LogP contribution in [0.25, 0.3) is 0 Å². The Morgan fingerprint density at radius 1 is 1.38 bits per heavy atom. The van der Waals surface area contributed by atoms with Gasteiger partial charge in [-0.15, -0.1) is 13.2 Å². The van der Waals surface area contributed by atoms with Crippen LogP contribution in [-0.4, -0.2) is 25.1 Å². The molecule has 0 aliphatic heterocycles. The van der Waals surface area contributed by atoms with Gasteiger partial charge in [-0.1, -0.05) is 18.2 Å². The van der Waals surface area contributed by atoms with Crippen LogP contribution in [0.15, 0.2) is 24.3 Å². The summed E-state index contributed by atoms with van der Waals surface area (Å²) in [4.78, 5) is 0. The topological polar surface area (TPSA) is 41.5 Å². The number of ether oxygens (including phenoxy) is 1. The average Bonchev–Trinajstić information content (AvgIpc) is 2.16. The molecular formula is C10H12F3NO2. The molecule has 1 rings (SSSR count). The number of benzene rings is 1. The summed E-state index contributed by atoms with van der Waals surface area (Å²) in [5.74, 6) is -0.377. The molecule has 0 spiro atoms. The zero-order valence-corrected chi connectivity index (χ0v) is 8.58. The molecule has 2 N–H and O–H groups in total. The molecular weight excluding hydrogens is 223 g/mol. The third-order valence-electron chi connectivity index (χ3n) is 1.90. The number of alkyl halides is 3. The Morgan fingerprint density at radius 2 is 2.00 bits per heavy atom. The van der Waals surface area contributed by atoms with Gasteiger partial charge in [0.1, 0.15) is 5.75 Å². The summed E-state index contributed by atoms with van der Waals surface area (Å²) in [6, 6.07) is 5.51. The molecule has 1 aromatic carbocycles. The van der Waals surface area contributed by atoms with E-state index in [2.05, 4.69) is 10.1 Å². The summed E-state index contributed by atoms with van der Waals surface area (Å²) in [7, 11) is 1.59. The number of rotatable bonds is 4. The van der Waals surface area contributed by atoms with Crippen LogP contribution in [0.1, 0.15) is 11.7 Å². The number of likely N-dealkylation sites (N-methyl/N-ethyl adjacent to an activating group) is 1. The summed E-state index contributed by atoms with van der Waals surface area (Å²) in [5.41, 5.74) is 0.106. The molecule has 1 unspecified atom stereocenters. The maximum atomic E-state index is 12.1. The predicted molar refractivity (Wildman–Crippen MR) is 52.0 cm³/mol. The summed E-state index contributed by atoms with van der Waals surface area (Å²) in [5, 5.41) is 12.3. The third-order valence-corrected chi connectivity index (χ3v) is 1.90. The molecule has 0 saturated carbocycles. The first-order chi connectivity index (χ1) is 7.44. The van der Waals surface area contributed by atoms with Crippen LogP contribution in [-0.2, 0) is 0 Å². The maximum Gasteiger partial charge on any atom is 0.573 e. The van der Waals surface area contributed by atoms with Gasteiger partial charge in [0.15, 0.2) is 0 Å². The molecule has 1 aromatic rings. The number of aliphatic hydroxyl groups is 1. The highest BCUT2D eigenvalue weighted by Crippen LogP contribution is 2.29. The lowest BCUT2D eigenvalue weighted by molar-refractivity contribution is -0.275. The second-order valence-corrected chi connectivity index (χ2v) is 3.16. The van der Waals surface area contributed by atoms with E-state index >= 15 is 0 Å². The Kier molecular flexibility index (Phi) is 4.14. The van der Waals surface area contributed by atoms with Crippen LogP contribution < -0.4 is 10.1 Å². The summed E-state index contributed by atoms with van der Waals surface area (Å²) in [6.07, 6.45) is -5.79. The highest BCUT2D eigenvalue weighted by atomic mass is 19.4. The van der Waals surface area contributed by atoms with Gasteiger partial charge in [-0.2, -0.15) is 0 Å². The molecule has 0 amide bonds. The molecule has 16 heavy (non-hydrogen) atoms. The summed E-state index contributed by atoms with van der Waals surface area (Å²) < 4.78 is 40.0. The van der Waals surface area contributed by atoms with Crippen molar-refractivity contribution in [1.29, 1.82) is 0 Å². The van der Waals surface area contributed by atoms with E-state index in [-0.39, 0.29) is 17.9 Å². The molecule has 90 valence electrons. The molecule has 0 bridgehead atoms. The minimum absolute atomic E-state index is 0.106. The van der Waals surface area contributed by atoms with E-state index in [1.54, 1.807) is 7.05 Å². The van der Waals surface area contributed by atoms with Crippen molar-refractivity contribution in [2.75, 3.05) is 13.6 Å². The highest BCUT2D eigenvalue weighted by molar-refractivity contribution is 5.35. The average molecular weight is 235 g/mol. The monoisotopic (exact) mass is 235 g/mol. The van der Waals surface area contributed by atoms with E-state index in [1.165, 1.54) is 24.3 Å². The number of nitrogens with one attached hydrogen (secondary N) is 1. The van der Waals surface area contributed by atoms with Gasteiger partial charge in [-0.3, -0.25) is 0 Å². The van der Waals surface area contributed by atoms with E-state index in [1.807, 2.05) is 0 Å². The Bertz CT molecular complexity index is 341. The van der Waals surface area contributed by atoms with Gasteiger partial charge < -0.3 is 15.2 Å². The second kappa shape index (κ2) is 5.18. The van der Waals surface area contributed by atoms with Crippen LogP contribution in [0, 0.1) is 0 Å². The minimum atomic E-state index is -4.75. The zero-order chi connectivity index (χ0) is 12.2. The highest BCUT2D eigenvalue weighted by Gasteiger charge is 2.32. The fourth-order valence-corrected chi connectivity index (χ4v) is 1.28. The van der Waals surface area contributed by atoms with Crippen LogP contribution >= 0.6 is 0 Å². The van der Waals surface area contributed by atoms with Gasteiger partial charge in [-0.25, -0.2) is 0 Å². The molecule has 0 heterocycles. The van der Waals surface area contributed by atoms with Crippen molar-refractivity contribution in [2.24, 2.45) is 0 Å². The fourth-order valence-electron chi connectivity index (χ4n) is 1.28. The van der Waals surface area contributed by atoms with Crippen LogP contribution in [0.4, 0.5) is 13.2 Å². The summed E-state index contributed by atoms with van der Waals surface area (Å²) >= 11 is 0. The predicted octanol–water partition coefficient (Wildman–Crippen LogP) is 1.84. The van der Waals surface area contributed by atoms with Gasteiger partial charge in [0.05, 0.1) is 6.10 Å². The van der Waals surface area contributed by atoms with Gasteiger partial charge in [-0.05, 0) is 13.1 Å². The molecule has 0 saturated heterocycles. The second-order valence-electron chi connectivity index (χ2n) is 3.16. The Hall–Kier alpha value is -1.27. The number of halogens is 3. The molecule has 0 aliphatic carbocycles. The lowest BCUT2D eigenvalue weighted by Gasteiger charge is -2.16. The normalized spacial score (nSPS) is 13.6. The Balaban J connectivity index is 2.91. The van der Waals surface area contributed by atoms with Gasteiger partial charge >= 0.3 is 6.36 Å². The lowest BCUT2D eigenvalue weighted by atomic mass is 10.1. The molecule has 0 radical (unpaired) electrons. The van der Waals surface area contributed by atoms with Crippen LogP contribution in [0.3, 0.4) is 0 Å². The van der Waals surface area contributed by atoms with Crippen molar-refractivity contribution in [1.82, 2.24) is 5.32 Å². The zero-order valence-electron chi connectivity index (χ0n) is 8.58. The van der Waals surface area contributed by atoms with E-state index in [0.29, 0.717) is 0 Å². The van der Waals surface area contributed by atoms with E-state index < -0.39 is 12.5 Å². The van der Waals surface area contributed by atoms with Crippen molar-refractivity contribution in [3.05, 3.63) is 29.8 Å². The van der Waals surface area contributed by atoms with Crippen molar-refractivity contribution in [3.8, 4) is 5.75 Å². The molecule has 0 aromatic heterocycles. The van der Waals surface area contributed by atoms with Crippen molar-refractivity contribution < 1.29 is 23.0 Å². The molecule has 0 aliphatic rings. The van der Waals surface area contributed by atoms with Crippen molar-refractivity contribution in [3.63, 3.8) is 0 Å². The number of para-hydroxylation sites is 1. The van der Waals surface area contributed by atoms with Crippen molar-refractivity contribution >= 4 is 0 Å². The number of hydrogen-bond acceptors (Lipinski definition) is 3. The first-order valence-corrected chi connectivity index (χ1v) is 4.61. The van der Waals surface area contributed by atoms with Crippen LogP contribution in [0.5, 0.6) is 5.75 Å². The largest absolute Gasteiger partial charge is 0.573 e. The third kappa shape index (κ3) is 3.71. The van der Waals surface area contributed by atoms with Crippen molar-refractivity contribution in [2.45, 2.75) is 12.5 Å². The minimum Gasteiger partial charge on any atom is -0.405 e. The van der Waals surface area contributed by atoms with Crippen LogP contribution in [0.2, 0.25) is 0 Å². The molecule has 0 fully saturated rings. The SMILES string of the molecule is CNCC(O)c1ccccc1OC(F)(F)F. The number of hydrogen-bond donors (Lipinski definition) is 2. The first kappa shape index (κ1) is 12.8. The molecule has 6 heteroatoms. The van der Waals surface area contributed by atoms with E-state index in [9.17, 15) is 18.3 Å². The Morgan fingerprint density at radius 3 is 2.56 bits per heavy atom.